The van der Waals surface area contributed by atoms with E-state index in [1.54, 1.807) is 25.7 Å². The predicted molar refractivity (Wildman–Crippen MR) is 157 cm³/mol. The molecule has 0 heterocycles. The summed E-state index contributed by atoms with van der Waals surface area (Å²) in [4.78, 5) is 57.7. The monoisotopic (exact) mass is 599 g/mol. The van der Waals surface area contributed by atoms with Crippen LogP contribution in [0.25, 0.3) is 0 Å². The summed E-state index contributed by atoms with van der Waals surface area (Å²) in [5.41, 5.74) is 8.95. The van der Waals surface area contributed by atoms with Crippen molar-refractivity contribution in [2.75, 3.05) is 13.1 Å². The van der Waals surface area contributed by atoms with E-state index in [-0.39, 0.29) is 25.1 Å². The zero-order chi connectivity index (χ0) is 32.0. The van der Waals surface area contributed by atoms with Crippen molar-refractivity contribution in [1.29, 1.82) is 0 Å². The number of benzene rings is 2. The Hall–Kier alpha value is -4.45. The van der Waals surface area contributed by atoms with Crippen LogP contribution >= 0.6 is 0 Å². The van der Waals surface area contributed by atoms with E-state index in [1.165, 1.54) is 11.1 Å². The summed E-state index contributed by atoms with van der Waals surface area (Å²) in [6.45, 7) is 5.93. The molecule has 1 atom stereocenters. The van der Waals surface area contributed by atoms with Crippen LogP contribution < -0.4 is 11.1 Å². The van der Waals surface area contributed by atoms with Gasteiger partial charge in [-0.05, 0) is 69.6 Å². The van der Waals surface area contributed by atoms with Crippen LogP contribution in [0.4, 0.5) is 4.79 Å². The molecule has 2 aromatic rings. The lowest BCUT2D eigenvalue weighted by Gasteiger charge is -2.31. The summed E-state index contributed by atoms with van der Waals surface area (Å²) >= 11 is 0. The van der Waals surface area contributed by atoms with Crippen LogP contribution in [0.2, 0.25) is 0 Å². The number of carboxylic acid groups (broad SMARTS) is 2. The quantitative estimate of drug-likeness (QED) is 0.170. The zero-order valence-electron chi connectivity index (χ0n) is 24.8. The molecule has 2 amide bonds. The Kier molecular flexibility index (Phi) is 13.6. The Morgan fingerprint density at radius 1 is 0.930 bits per heavy atom. The first-order chi connectivity index (χ1) is 20.3. The third-order valence-electron chi connectivity index (χ3n) is 6.40. The minimum Gasteiger partial charge on any atom is -0.473 e. The lowest BCUT2D eigenvalue weighted by atomic mass is 10.1. The van der Waals surface area contributed by atoms with Crippen molar-refractivity contribution in [2.45, 2.75) is 77.2 Å². The van der Waals surface area contributed by atoms with Gasteiger partial charge in [-0.25, -0.2) is 14.4 Å². The number of nitrogens with one attached hydrogen (secondary N) is 1. The summed E-state index contributed by atoms with van der Waals surface area (Å²) in [5, 5.41) is 17.5. The first kappa shape index (κ1) is 34.7. The number of carboxylic acids is 2. The van der Waals surface area contributed by atoms with E-state index in [4.69, 9.17) is 35.0 Å². The maximum Gasteiger partial charge on any atom is 0.414 e. The van der Waals surface area contributed by atoms with E-state index in [0.717, 1.165) is 5.56 Å². The molecule has 12 heteroatoms. The van der Waals surface area contributed by atoms with Gasteiger partial charge in [0.05, 0.1) is 6.04 Å². The van der Waals surface area contributed by atoms with Gasteiger partial charge >= 0.3 is 24.0 Å². The van der Waals surface area contributed by atoms with Gasteiger partial charge in [0.15, 0.2) is 0 Å². The molecule has 0 bridgehead atoms. The highest BCUT2D eigenvalue weighted by Gasteiger charge is 2.34. The zero-order valence-corrected chi connectivity index (χ0v) is 24.8. The predicted octanol–water partition coefficient (Wildman–Crippen LogP) is 2.90. The Morgan fingerprint density at radius 3 is 2.02 bits per heavy atom. The maximum absolute atomic E-state index is 13.4. The van der Waals surface area contributed by atoms with Gasteiger partial charge in [0.2, 0.25) is 5.91 Å². The fraction of sp³-hybridized carbons (Fsp3) is 0.452. The van der Waals surface area contributed by atoms with Crippen molar-refractivity contribution >= 4 is 29.9 Å². The van der Waals surface area contributed by atoms with Gasteiger partial charge in [0.25, 0.3) is 0 Å². The van der Waals surface area contributed by atoms with Gasteiger partial charge in [-0.3, -0.25) is 9.59 Å². The lowest BCUT2D eigenvalue weighted by Crippen LogP contribution is -2.51. The number of amides is 2. The number of hydrogen-bond donors (Lipinski definition) is 4. The molecule has 5 N–H and O–H groups in total. The van der Waals surface area contributed by atoms with Crippen molar-refractivity contribution in [1.82, 2.24) is 10.2 Å². The van der Waals surface area contributed by atoms with Crippen LogP contribution in [0.1, 0.15) is 56.7 Å². The number of rotatable bonds is 11. The first-order valence-corrected chi connectivity index (χ1v) is 14.0. The molecule has 0 saturated carbocycles. The number of esters is 1. The minimum atomic E-state index is -1.82. The van der Waals surface area contributed by atoms with Gasteiger partial charge in [0.1, 0.15) is 18.8 Å². The minimum absolute atomic E-state index is 0.128. The lowest BCUT2D eigenvalue weighted by molar-refractivity contribution is -0.160. The van der Waals surface area contributed by atoms with E-state index < -0.39 is 35.6 Å². The van der Waals surface area contributed by atoms with Crippen molar-refractivity contribution < 1.29 is 43.7 Å². The van der Waals surface area contributed by atoms with E-state index in [9.17, 15) is 14.4 Å². The van der Waals surface area contributed by atoms with Gasteiger partial charge in [0, 0.05) is 12.6 Å². The van der Waals surface area contributed by atoms with Crippen LogP contribution in [0.3, 0.4) is 0 Å². The summed E-state index contributed by atoms with van der Waals surface area (Å²) in [5.74, 6) is -4.34. The summed E-state index contributed by atoms with van der Waals surface area (Å²) in [7, 11) is 0. The van der Waals surface area contributed by atoms with Crippen LogP contribution in [0.5, 0.6) is 0 Å². The number of nitrogens with two attached hydrogens (primary N) is 1. The third-order valence-corrected chi connectivity index (χ3v) is 6.40. The second-order valence-corrected chi connectivity index (χ2v) is 11.1. The molecule has 0 unspecified atom stereocenters. The number of carbonyl (C=O) groups is 5. The number of carbonyl (C=O) groups excluding carboxylic acids is 3. The van der Waals surface area contributed by atoms with Crippen molar-refractivity contribution in [3.05, 3.63) is 71.3 Å². The van der Waals surface area contributed by atoms with Gasteiger partial charge in [-0.2, -0.15) is 0 Å². The number of aliphatic carboxylic acids is 2. The van der Waals surface area contributed by atoms with Crippen LogP contribution in [-0.4, -0.2) is 75.8 Å². The number of hydrogen-bond acceptors (Lipinski definition) is 8. The molecule has 234 valence electrons. The number of unbranched alkanes of at least 4 members (excludes halogenated alkanes) is 1. The average molecular weight is 600 g/mol. The van der Waals surface area contributed by atoms with Crippen molar-refractivity contribution in [3.8, 4) is 0 Å². The smallest absolute Gasteiger partial charge is 0.414 e. The molecule has 0 aliphatic heterocycles. The summed E-state index contributed by atoms with van der Waals surface area (Å²) in [6, 6.07) is 16.7. The summed E-state index contributed by atoms with van der Waals surface area (Å²) < 4.78 is 10.7. The van der Waals surface area contributed by atoms with Crippen LogP contribution in [-0.2, 0) is 48.1 Å². The number of nitrogens with zero attached hydrogens (tertiary/aromatic N) is 1. The van der Waals surface area contributed by atoms with E-state index >= 15 is 0 Å². The maximum atomic E-state index is 13.4. The van der Waals surface area contributed by atoms with E-state index in [1.807, 2.05) is 42.5 Å². The van der Waals surface area contributed by atoms with Crippen LogP contribution in [0.15, 0.2) is 54.6 Å². The normalized spacial score (nSPS) is 13.0. The molecule has 1 aliphatic rings. The molecule has 0 saturated heterocycles. The molecule has 43 heavy (non-hydrogen) atoms. The van der Waals surface area contributed by atoms with E-state index in [2.05, 4.69) is 17.4 Å². The molecular weight excluding hydrogens is 558 g/mol. The fourth-order valence-electron chi connectivity index (χ4n) is 4.45. The topological polar surface area (TPSA) is 186 Å². The molecule has 0 aromatic heterocycles. The SMILES string of the molecule is CC(C)(C)OC(=O)CN(C(=O)[C@@H](N)CCCCNC(=O)OCc1ccccc1)C1Cc2ccccc2C1.O=C(O)C(=O)O. The van der Waals surface area contributed by atoms with Crippen molar-refractivity contribution in [2.24, 2.45) is 5.73 Å². The third kappa shape index (κ3) is 12.9. The van der Waals surface area contributed by atoms with E-state index in [0.29, 0.717) is 38.6 Å². The molecule has 12 nitrogen and oxygen atoms in total. The molecule has 0 spiro atoms. The fourth-order valence-corrected chi connectivity index (χ4v) is 4.45. The largest absolute Gasteiger partial charge is 0.473 e. The molecule has 2 aromatic carbocycles. The van der Waals surface area contributed by atoms with Crippen LogP contribution in [0, 0.1) is 0 Å². The highest BCUT2D eigenvalue weighted by Crippen LogP contribution is 2.26. The number of fused-ring (bicyclic) bond motifs is 1. The van der Waals surface area contributed by atoms with Crippen molar-refractivity contribution in [3.63, 3.8) is 0 Å². The standard InChI is InChI=1S/C29H39N3O5.C2H2O4/c1-29(2,3)37-26(33)19-32(24-17-22-13-7-8-14-23(22)18-24)27(34)25(30)15-9-10-16-31-28(35)36-20-21-11-5-4-6-12-21;3-1(4)2(5)6/h4-8,11-14,24-25H,9-10,15-20,30H2,1-3H3,(H,31,35);(H,3,4)(H,5,6)/t25-;/m0./s1. The Labute approximate surface area is 251 Å². The highest BCUT2D eigenvalue weighted by atomic mass is 16.6. The molecular formula is C31H41N3O9. The number of alkyl carbamates (subject to hydrolysis) is 1. The average Bonchev–Trinajstić information content (AvgIpc) is 3.38. The Morgan fingerprint density at radius 2 is 1.49 bits per heavy atom. The molecule has 1 aliphatic carbocycles. The van der Waals surface area contributed by atoms with Gasteiger partial charge in [-0.15, -0.1) is 0 Å². The second kappa shape index (κ2) is 16.9. The first-order valence-electron chi connectivity index (χ1n) is 14.0. The summed E-state index contributed by atoms with van der Waals surface area (Å²) in [6.07, 6.45) is 2.65. The molecule has 0 fully saturated rings. The molecule has 3 rings (SSSR count). The molecule has 0 radical (unpaired) electrons. The highest BCUT2D eigenvalue weighted by molar-refractivity contribution is 6.27. The van der Waals surface area contributed by atoms with Gasteiger partial charge < -0.3 is 35.6 Å². The Balaban J connectivity index is 0.000000973. The number of ether oxygens (including phenoxy) is 2. The Bertz CT molecular complexity index is 1210. The van der Waals surface area contributed by atoms with Gasteiger partial charge in [-0.1, -0.05) is 54.6 Å². The second-order valence-electron chi connectivity index (χ2n) is 11.1.